The molecule has 3 saturated heterocycles. The van der Waals surface area contributed by atoms with Gasteiger partial charge in [-0.1, -0.05) is 43.2 Å². The molecule has 1 aromatic carbocycles. The Bertz CT molecular complexity index is 859. The second-order valence-corrected chi connectivity index (χ2v) is 10.0. The van der Waals surface area contributed by atoms with Crippen LogP contribution in [0.4, 0.5) is 4.79 Å². The van der Waals surface area contributed by atoms with Crippen LogP contribution in [0.5, 0.6) is 0 Å². The Labute approximate surface area is 190 Å². The monoisotopic (exact) mass is 438 g/mol. The zero-order valence-electron chi connectivity index (χ0n) is 18.8. The first-order chi connectivity index (χ1) is 15.6. The summed E-state index contributed by atoms with van der Waals surface area (Å²) in [6.45, 7) is 3.67. The predicted octanol–water partition coefficient (Wildman–Crippen LogP) is 2.75. The topological polar surface area (TPSA) is 73.0 Å². The molecule has 1 saturated carbocycles. The molecule has 172 valence electrons. The maximum Gasteiger partial charge on any atom is 0.325 e. The summed E-state index contributed by atoms with van der Waals surface area (Å²) < 4.78 is 0. The maximum absolute atomic E-state index is 13.5. The van der Waals surface area contributed by atoms with Gasteiger partial charge in [-0.05, 0) is 44.1 Å². The van der Waals surface area contributed by atoms with E-state index in [1.165, 1.54) is 10.5 Å². The normalized spacial score (nSPS) is 26.7. The molecule has 32 heavy (non-hydrogen) atoms. The van der Waals surface area contributed by atoms with E-state index in [4.69, 9.17) is 0 Å². The fourth-order valence-corrected chi connectivity index (χ4v) is 6.04. The number of likely N-dealkylation sites (tertiary alicyclic amines) is 2. The molecule has 4 aliphatic rings. The number of urea groups is 1. The number of carbonyl (C=O) groups is 3. The van der Waals surface area contributed by atoms with Gasteiger partial charge in [0.15, 0.2) is 0 Å². The number of carbonyl (C=O) groups excluding carboxylic acids is 3. The van der Waals surface area contributed by atoms with Crippen molar-refractivity contribution in [1.29, 1.82) is 0 Å². The van der Waals surface area contributed by atoms with E-state index in [0.717, 1.165) is 64.7 Å². The first kappa shape index (κ1) is 21.4. The van der Waals surface area contributed by atoms with Gasteiger partial charge in [0.05, 0.1) is 6.04 Å². The minimum atomic E-state index is -0.776. The van der Waals surface area contributed by atoms with Gasteiger partial charge in [-0.15, -0.1) is 0 Å². The molecule has 3 heterocycles. The average molecular weight is 439 g/mol. The van der Waals surface area contributed by atoms with Crippen LogP contribution in [0.1, 0.15) is 56.9 Å². The smallest absolute Gasteiger partial charge is 0.325 e. The molecule has 4 amide bonds. The molecule has 1 atom stereocenters. The van der Waals surface area contributed by atoms with Gasteiger partial charge < -0.3 is 10.2 Å². The lowest BCUT2D eigenvalue weighted by atomic mass is 9.86. The van der Waals surface area contributed by atoms with Gasteiger partial charge in [-0.3, -0.25) is 19.4 Å². The Hall–Kier alpha value is -2.41. The summed E-state index contributed by atoms with van der Waals surface area (Å²) in [5, 5.41) is 3.06. The minimum absolute atomic E-state index is 0.0815. The lowest BCUT2D eigenvalue weighted by Crippen LogP contribution is -2.56. The van der Waals surface area contributed by atoms with Crippen LogP contribution < -0.4 is 5.32 Å². The summed E-state index contributed by atoms with van der Waals surface area (Å²) >= 11 is 0. The van der Waals surface area contributed by atoms with E-state index in [9.17, 15) is 14.4 Å². The van der Waals surface area contributed by atoms with Crippen molar-refractivity contribution in [2.24, 2.45) is 5.92 Å². The van der Waals surface area contributed by atoms with Crippen LogP contribution in [0.2, 0.25) is 0 Å². The molecule has 0 radical (unpaired) electrons. The molecule has 7 heteroatoms. The molecule has 0 aromatic heterocycles. The highest BCUT2D eigenvalue weighted by atomic mass is 16.2. The van der Waals surface area contributed by atoms with Crippen LogP contribution in [-0.4, -0.2) is 70.3 Å². The highest BCUT2D eigenvalue weighted by molar-refractivity contribution is 6.07. The molecule has 3 aliphatic heterocycles. The zero-order valence-corrected chi connectivity index (χ0v) is 18.8. The highest BCUT2D eigenvalue weighted by Gasteiger charge is 2.54. The number of benzene rings is 1. The van der Waals surface area contributed by atoms with Gasteiger partial charge in [-0.2, -0.15) is 0 Å². The van der Waals surface area contributed by atoms with E-state index >= 15 is 0 Å². The standard InChI is InChI=1S/C25H34N4O3/c30-22(20-9-4-5-10-20)28-14-6-11-21(18-28)29-23(31)25(26-24(29)32)12-15-27(16-13-25)17-19-7-2-1-3-8-19/h1-3,7-8,20-21H,4-6,9-18H2,(H,26,32)/t21-/m0/s1. The van der Waals surface area contributed by atoms with E-state index in [1.54, 1.807) is 0 Å². The Kier molecular flexibility index (Phi) is 5.93. The van der Waals surface area contributed by atoms with Crippen LogP contribution in [0.15, 0.2) is 30.3 Å². The van der Waals surface area contributed by atoms with Crippen molar-refractivity contribution in [1.82, 2.24) is 20.0 Å². The average Bonchev–Trinajstić information content (AvgIpc) is 3.43. The van der Waals surface area contributed by atoms with Crippen LogP contribution in [0, 0.1) is 5.92 Å². The summed E-state index contributed by atoms with van der Waals surface area (Å²) in [5.74, 6) is 0.280. The summed E-state index contributed by atoms with van der Waals surface area (Å²) in [4.78, 5) is 45.1. The largest absolute Gasteiger partial charge is 0.340 e. The summed E-state index contributed by atoms with van der Waals surface area (Å²) in [6, 6.07) is 9.88. The van der Waals surface area contributed by atoms with Crippen molar-refractivity contribution in [2.75, 3.05) is 26.2 Å². The molecule has 1 aromatic rings. The number of imide groups is 1. The number of hydrogen-bond donors (Lipinski definition) is 1. The van der Waals surface area contributed by atoms with Crippen molar-refractivity contribution in [3.8, 4) is 0 Å². The van der Waals surface area contributed by atoms with Crippen molar-refractivity contribution in [3.05, 3.63) is 35.9 Å². The first-order valence-electron chi connectivity index (χ1n) is 12.3. The molecule has 5 rings (SSSR count). The summed E-state index contributed by atoms with van der Waals surface area (Å²) in [7, 11) is 0. The Morgan fingerprint density at radius 2 is 1.69 bits per heavy atom. The van der Waals surface area contributed by atoms with Crippen molar-refractivity contribution < 1.29 is 14.4 Å². The number of rotatable bonds is 4. The van der Waals surface area contributed by atoms with Crippen LogP contribution in [-0.2, 0) is 16.1 Å². The fourth-order valence-electron chi connectivity index (χ4n) is 6.04. The van der Waals surface area contributed by atoms with Gasteiger partial charge in [0.2, 0.25) is 5.91 Å². The molecular formula is C25H34N4O3. The predicted molar refractivity (Wildman–Crippen MR) is 121 cm³/mol. The molecule has 1 aliphatic carbocycles. The molecule has 4 fully saturated rings. The quantitative estimate of drug-likeness (QED) is 0.734. The van der Waals surface area contributed by atoms with Crippen molar-refractivity contribution >= 4 is 17.8 Å². The van der Waals surface area contributed by atoms with E-state index in [-0.39, 0.29) is 29.8 Å². The molecule has 1 N–H and O–H groups in total. The Balaban J connectivity index is 1.21. The molecule has 0 unspecified atom stereocenters. The van der Waals surface area contributed by atoms with Gasteiger partial charge in [0.1, 0.15) is 5.54 Å². The molecular weight excluding hydrogens is 404 g/mol. The number of nitrogens with one attached hydrogen (secondary N) is 1. The second-order valence-electron chi connectivity index (χ2n) is 10.0. The van der Waals surface area contributed by atoms with E-state index in [1.807, 2.05) is 23.1 Å². The number of piperidine rings is 2. The van der Waals surface area contributed by atoms with Gasteiger partial charge >= 0.3 is 6.03 Å². The van der Waals surface area contributed by atoms with Gasteiger partial charge in [0, 0.05) is 38.6 Å². The number of hydrogen-bond acceptors (Lipinski definition) is 4. The van der Waals surface area contributed by atoms with Crippen LogP contribution in [0.25, 0.3) is 0 Å². The van der Waals surface area contributed by atoms with Gasteiger partial charge in [0.25, 0.3) is 5.91 Å². The Morgan fingerprint density at radius 3 is 2.41 bits per heavy atom. The van der Waals surface area contributed by atoms with E-state index in [2.05, 4.69) is 22.3 Å². The Morgan fingerprint density at radius 1 is 0.969 bits per heavy atom. The third-order valence-corrected chi connectivity index (χ3v) is 7.93. The van der Waals surface area contributed by atoms with Crippen molar-refractivity contribution in [2.45, 2.75) is 69.5 Å². The second kappa shape index (κ2) is 8.85. The summed E-state index contributed by atoms with van der Waals surface area (Å²) in [5.41, 5.74) is 0.489. The third-order valence-electron chi connectivity index (χ3n) is 7.93. The first-order valence-corrected chi connectivity index (χ1v) is 12.3. The number of nitrogens with zero attached hydrogens (tertiary/aromatic N) is 3. The SMILES string of the molecule is O=C(C1CCCC1)N1CCC[C@H](N2C(=O)NC3(CCN(Cc4ccccc4)CC3)C2=O)C1. The molecule has 1 spiro atoms. The minimum Gasteiger partial charge on any atom is -0.340 e. The third kappa shape index (κ3) is 4.03. The number of amides is 4. The van der Waals surface area contributed by atoms with Gasteiger partial charge in [-0.25, -0.2) is 4.79 Å². The zero-order chi connectivity index (χ0) is 22.1. The lowest BCUT2D eigenvalue weighted by Gasteiger charge is -2.39. The van der Waals surface area contributed by atoms with E-state index in [0.29, 0.717) is 19.4 Å². The maximum atomic E-state index is 13.5. The van der Waals surface area contributed by atoms with Crippen molar-refractivity contribution in [3.63, 3.8) is 0 Å². The molecule has 0 bridgehead atoms. The van der Waals surface area contributed by atoms with Crippen LogP contribution >= 0.6 is 0 Å². The summed E-state index contributed by atoms with van der Waals surface area (Å²) in [6.07, 6.45) is 7.12. The van der Waals surface area contributed by atoms with Crippen LogP contribution in [0.3, 0.4) is 0 Å². The van der Waals surface area contributed by atoms with E-state index < -0.39 is 5.54 Å². The lowest BCUT2D eigenvalue weighted by molar-refractivity contribution is -0.141. The fraction of sp³-hybridized carbons (Fsp3) is 0.640. The molecule has 7 nitrogen and oxygen atoms in total. The highest BCUT2D eigenvalue weighted by Crippen LogP contribution is 2.34.